The molecule has 0 aliphatic rings. The molecule has 4 N–H and O–H groups in total. The fraction of sp³-hybridized carbons (Fsp3) is 0.429. The number of rotatable bonds is 4. The van der Waals surface area contributed by atoms with Crippen molar-refractivity contribution in [2.75, 3.05) is 6.61 Å². The Balaban J connectivity index is 2.38. The van der Waals surface area contributed by atoms with E-state index in [1.54, 1.807) is 0 Å². The highest BCUT2D eigenvalue weighted by Gasteiger charge is 2.26. The first-order valence-electron chi connectivity index (χ1n) is 6.33. The Morgan fingerprint density at radius 3 is 2.25 bits per heavy atom. The minimum absolute atomic E-state index is 0.153. The predicted molar refractivity (Wildman–Crippen MR) is 73.1 cm³/mol. The molecule has 20 heavy (non-hydrogen) atoms. The van der Waals surface area contributed by atoms with Gasteiger partial charge in [0.05, 0.1) is 29.5 Å². The van der Waals surface area contributed by atoms with Crippen molar-refractivity contribution in [2.45, 2.75) is 32.2 Å². The first-order chi connectivity index (χ1) is 9.43. The normalized spacial score (nSPS) is 16.1. The molecular weight excluding hydrogens is 260 g/mol. The van der Waals surface area contributed by atoms with Crippen LogP contribution in [0, 0.1) is 13.8 Å². The van der Waals surface area contributed by atoms with Gasteiger partial charge < -0.3 is 20.4 Å². The van der Waals surface area contributed by atoms with Crippen molar-refractivity contribution in [3.63, 3.8) is 0 Å². The Kier molecular flexibility index (Phi) is 4.29. The molecule has 0 amide bonds. The maximum atomic E-state index is 9.95. The van der Waals surface area contributed by atoms with Gasteiger partial charge in [-0.2, -0.15) is 0 Å². The zero-order valence-electron chi connectivity index (χ0n) is 11.4. The van der Waals surface area contributed by atoms with Crippen molar-refractivity contribution in [3.8, 4) is 0 Å². The molecule has 108 valence electrons. The van der Waals surface area contributed by atoms with Crippen LogP contribution in [0.2, 0.25) is 0 Å². The monoisotopic (exact) mass is 278 g/mol. The topological polar surface area (TPSA) is 107 Å². The molecule has 0 fully saturated rings. The summed E-state index contributed by atoms with van der Waals surface area (Å²) in [4.78, 5) is 8.44. The SMILES string of the molecule is Cc1cc2ncc([C@@H](O)[C@H](O)[C@H](O)CO)nc2cc1C. The summed E-state index contributed by atoms with van der Waals surface area (Å²) >= 11 is 0. The van der Waals surface area contributed by atoms with E-state index in [0.717, 1.165) is 11.1 Å². The lowest BCUT2D eigenvalue weighted by Crippen LogP contribution is -2.35. The molecule has 3 atom stereocenters. The molecule has 1 aromatic heterocycles. The molecule has 6 nitrogen and oxygen atoms in total. The largest absolute Gasteiger partial charge is 0.394 e. The van der Waals surface area contributed by atoms with Crippen LogP contribution in [0.15, 0.2) is 18.3 Å². The Hall–Kier alpha value is -1.60. The number of aryl methyl sites for hydroxylation is 2. The zero-order valence-corrected chi connectivity index (χ0v) is 11.4. The van der Waals surface area contributed by atoms with Crippen LogP contribution in [-0.2, 0) is 0 Å². The lowest BCUT2D eigenvalue weighted by Gasteiger charge is -2.21. The van der Waals surface area contributed by atoms with Crippen LogP contribution >= 0.6 is 0 Å². The standard InChI is InChI=1S/C14H18N2O4/c1-7-3-9-10(4-8(7)2)16-11(5-15-9)13(19)14(20)12(18)6-17/h3-5,12-14,17-20H,6H2,1-2H3/t12-,13-,14-/m1/s1. The van der Waals surface area contributed by atoms with Crippen LogP contribution in [-0.4, -0.2) is 49.2 Å². The van der Waals surface area contributed by atoms with Gasteiger partial charge in [-0.25, -0.2) is 4.98 Å². The van der Waals surface area contributed by atoms with Gasteiger partial charge in [0.2, 0.25) is 0 Å². The molecule has 6 heteroatoms. The average molecular weight is 278 g/mol. The number of aliphatic hydroxyl groups excluding tert-OH is 4. The first-order valence-corrected chi connectivity index (χ1v) is 6.33. The summed E-state index contributed by atoms with van der Waals surface area (Å²) in [6, 6.07) is 3.75. The number of nitrogens with zero attached hydrogens (tertiary/aromatic N) is 2. The van der Waals surface area contributed by atoms with Gasteiger partial charge in [0.15, 0.2) is 0 Å². The zero-order chi connectivity index (χ0) is 14.9. The smallest absolute Gasteiger partial charge is 0.126 e. The van der Waals surface area contributed by atoms with Gasteiger partial charge in [-0.15, -0.1) is 0 Å². The van der Waals surface area contributed by atoms with E-state index in [1.807, 2.05) is 26.0 Å². The molecule has 0 spiro atoms. The maximum Gasteiger partial charge on any atom is 0.126 e. The van der Waals surface area contributed by atoms with Crippen molar-refractivity contribution in [1.29, 1.82) is 0 Å². The van der Waals surface area contributed by atoms with Crippen LogP contribution < -0.4 is 0 Å². The molecule has 0 aliphatic carbocycles. The average Bonchev–Trinajstić information content (AvgIpc) is 2.45. The number of fused-ring (bicyclic) bond motifs is 1. The second-order valence-corrected chi connectivity index (χ2v) is 4.91. The second kappa shape index (κ2) is 5.80. The van der Waals surface area contributed by atoms with Crippen LogP contribution in [0.4, 0.5) is 0 Å². The lowest BCUT2D eigenvalue weighted by molar-refractivity contribution is -0.0789. The van der Waals surface area contributed by atoms with Gasteiger partial charge in [0, 0.05) is 0 Å². The predicted octanol–water partition coefficient (Wildman–Crippen LogP) is -0.00586. The summed E-state index contributed by atoms with van der Waals surface area (Å²) in [6.07, 6.45) is -2.99. The van der Waals surface area contributed by atoms with Crippen molar-refractivity contribution in [3.05, 3.63) is 35.2 Å². The second-order valence-electron chi connectivity index (χ2n) is 4.91. The quantitative estimate of drug-likeness (QED) is 0.627. The summed E-state index contributed by atoms with van der Waals surface area (Å²) in [5.74, 6) is 0. The van der Waals surface area contributed by atoms with Crippen molar-refractivity contribution < 1.29 is 20.4 Å². The fourth-order valence-corrected chi connectivity index (χ4v) is 1.92. The molecule has 0 bridgehead atoms. The molecule has 0 aliphatic heterocycles. The maximum absolute atomic E-state index is 9.95. The molecule has 2 aromatic rings. The van der Waals surface area contributed by atoms with Gasteiger partial charge in [-0.1, -0.05) is 0 Å². The van der Waals surface area contributed by atoms with Gasteiger partial charge >= 0.3 is 0 Å². The Morgan fingerprint density at radius 2 is 1.65 bits per heavy atom. The number of hydrogen-bond acceptors (Lipinski definition) is 6. The third-order valence-electron chi connectivity index (χ3n) is 3.38. The molecule has 0 saturated carbocycles. The molecule has 0 radical (unpaired) electrons. The summed E-state index contributed by atoms with van der Waals surface area (Å²) in [5.41, 5.74) is 3.60. The van der Waals surface area contributed by atoms with Gasteiger partial charge in [0.1, 0.15) is 18.3 Å². The fourth-order valence-electron chi connectivity index (χ4n) is 1.92. The van der Waals surface area contributed by atoms with E-state index in [4.69, 9.17) is 5.11 Å². The van der Waals surface area contributed by atoms with Crippen LogP contribution in [0.3, 0.4) is 0 Å². The van der Waals surface area contributed by atoms with Gasteiger partial charge in [-0.05, 0) is 37.1 Å². The van der Waals surface area contributed by atoms with Crippen molar-refractivity contribution in [1.82, 2.24) is 9.97 Å². The Morgan fingerprint density at radius 1 is 1.05 bits per heavy atom. The highest BCUT2D eigenvalue weighted by Crippen LogP contribution is 2.21. The van der Waals surface area contributed by atoms with E-state index in [0.29, 0.717) is 11.0 Å². The third-order valence-corrected chi connectivity index (χ3v) is 3.38. The van der Waals surface area contributed by atoms with E-state index in [-0.39, 0.29) is 5.69 Å². The highest BCUT2D eigenvalue weighted by molar-refractivity contribution is 5.76. The summed E-state index contributed by atoms with van der Waals surface area (Å²) in [7, 11) is 0. The number of aliphatic hydroxyl groups is 4. The van der Waals surface area contributed by atoms with Crippen LogP contribution in [0.5, 0.6) is 0 Å². The van der Waals surface area contributed by atoms with E-state index in [1.165, 1.54) is 6.20 Å². The summed E-state index contributed by atoms with van der Waals surface area (Å²) in [6.45, 7) is 3.28. The number of hydrogen-bond donors (Lipinski definition) is 4. The minimum atomic E-state index is -1.52. The molecule has 1 heterocycles. The molecule has 0 saturated heterocycles. The third kappa shape index (κ3) is 2.78. The first kappa shape index (κ1) is 14.8. The minimum Gasteiger partial charge on any atom is -0.394 e. The lowest BCUT2D eigenvalue weighted by atomic mass is 10.1. The van der Waals surface area contributed by atoms with Crippen LogP contribution in [0.25, 0.3) is 11.0 Å². The van der Waals surface area contributed by atoms with Crippen LogP contribution in [0.1, 0.15) is 22.9 Å². The van der Waals surface area contributed by atoms with E-state index in [2.05, 4.69) is 9.97 Å². The Labute approximate surface area is 116 Å². The summed E-state index contributed by atoms with van der Waals surface area (Å²) in [5, 5.41) is 37.8. The summed E-state index contributed by atoms with van der Waals surface area (Å²) < 4.78 is 0. The van der Waals surface area contributed by atoms with E-state index in [9.17, 15) is 15.3 Å². The van der Waals surface area contributed by atoms with Crippen molar-refractivity contribution >= 4 is 11.0 Å². The van der Waals surface area contributed by atoms with E-state index < -0.39 is 24.9 Å². The van der Waals surface area contributed by atoms with Crippen molar-refractivity contribution in [2.24, 2.45) is 0 Å². The molecule has 2 rings (SSSR count). The molecule has 1 aromatic carbocycles. The van der Waals surface area contributed by atoms with Gasteiger partial charge in [-0.3, -0.25) is 4.98 Å². The molecule has 0 unspecified atom stereocenters. The Bertz CT molecular complexity index is 617. The number of aromatic nitrogens is 2. The van der Waals surface area contributed by atoms with E-state index >= 15 is 0 Å². The van der Waals surface area contributed by atoms with Gasteiger partial charge in [0.25, 0.3) is 0 Å². The molecular formula is C14H18N2O4. The highest BCUT2D eigenvalue weighted by atomic mass is 16.4. The number of benzene rings is 1.